The van der Waals surface area contributed by atoms with Crippen LogP contribution in [0.4, 0.5) is 11.4 Å². The highest BCUT2D eigenvalue weighted by Crippen LogP contribution is 2.31. The smallest absolute Gasteiger partial charge is 0.244 e. The first kappa shape index (κ1) is 18.1. The van der Waals surface area contributed by atoms with E-state index in [2.05, 4.69) is 16.3 Å². The van der Waals surface area contributed by atoms with Crippen LogP contribution in [0.25, 0.3) is 0 Å². The van der Waals surface area contributed by atoms with Crippen molar-refractivity contribution < 1.29 is 4.79 Å². The summed E-state index contributed by atoms with van der Waals surface area (Å²) in [6, 6.07) is 8.07. The highest BCUT2D eigenvalue weighted by Gasteiger charge is 2.40. The van der Waals surface area contributed by atoms with Gasteiger partial charge in [0.05, 0.1) is 5.54 Å². The van der Waals surface area contributed by atoms with Gasteiger partial charge < -0.3 is 16.0 Å². The average molecular weight is 332 g/mol. The van der Waals surface area contributed by atoms with Gasteiger partial charge in [-0.2, -0.15) is 0 Å². The van der Waals surface area contributed by atoms with Gasteiger partial charge in [0, 0.05) is 24.5 Å². The first-order valence-corrected chi connectivity index (χ1v) is 7.13. The van der Waals surface area contributed by atoms with Crippen molar-refractivity contribution in [1.82, 2.24) is 0 Å². The lowest BCUT2D eigenvalue weighted by Crippen LogP contribution is -2.56. The van der Waals surface area contributed by atoms with Crippen molar-refractivity contribution in [3.63, 3.8) is 0 Å². The Labute approximate surface area is 138 Å². The highest BCUT2D eigenvalue weighted by atomic mass is 35.5. The summed E-state index contributed by atoms with van der Waals surface area (Å²) in [7, 11) is 0. The largest absolute Gasteiger partial charge is 0.371 e. The molecule has 1 aromatic rings. The van der Waals surface area contributed by atoms with Gasteiger partial charge in [-0.1, -0.05) is 6.07 Å². The molecule has 21 heavy (non-hydrogen) atoms. The van der Waals surface area contributed by atoms with E-state index in [0.29, 0.717) is 0 Å². The van der Waals surface area contributed by atoms with Gasteiger partial charge in [-0.15, -0.1) is 24.8 Å². The van der Waals surface area contributed by atoms with E-state index in [0.717, 1.165) is 38.0 Å². The topological polar surface area (TPSA) is 58.4 Å². The summed E-state index contributed by atoms with van der Waals surface area (Å²) in [4.78, 5) is 14.5. The maximum atomic E-state index is 12.1. The fourth-order valence-electron chi connectivity index (χ4n) is 2.80. The van der Waals surface area contributed by atoms with Crippen molar-refractivity contribution in [3.05, 3.63) is 24.3 Å². The van der Waals surface area contributed by atoms with Crippen LogP contribution >= 0.6 is 24.8 Å². The lowest BCUT2D eigenvalue weighted by atomic mass is 9.77. The molecule has 118 valence electrons. The van der Waals surface area contributed by atoms with Crippen molar-refractivity contribution in [3.8, 4) is 0 Å². The Kier molecular flexibility index (Phi) is 6.32. The number of halogens is 2. The molecule has 6 heteroatoms. The molecule has 1 aliphatic carbocycles. The molecule has 0 spiro atoms. The quantitative estimate of drug-likeness (QED) is 0.895. The molecule has 1 amide bonds. The van der Waals surface area contributed by atoms with E-state index in [1.165, 1.54) is 18.5 Å². The molecule has 0 unspecified atom stereocenters. The number of nitrogens with two attached hydrogens (primary N) is 1. The van der Waals surface area contributed by atoms with Crippen LogP contribution in [0.1, 0.15) is 32.1 Å². The van der Waals surface area contributed by atoms with Crippen LogP contribution in [-0.4, -0.2) is 24.5 Å². The van der Waals surface area contributed by atoms with Crippen LogP contribution in [-0.2, 0) is 4.79 Å². The third-order valence-electron chi connectivity index (χ3n) is 4.27. The molecule has 0 bridgehead atoms. The van der Waals surface area contributed by atoms with Gasteiger partial charge >= 0.3 is 0 Å². The van der Waals surface area contributed by atoms with Gasteiger partial charge in [-0.05, 0) is 50.3 Å². The van der Waals surface area contributed by atoms with E-state index in [1.807, 2.05) is 18.2 Å². The number of nitrogens with zero attached hydrogens (tertiary/aromatic N) is 1. The average Bonchev–Trinajstić information content (AvgIpc) is 2.90. The summed E-state index contributed by atoms with van der Waals surface area (Å²) >= 11 is 0. The van der Waals surface area contributed by atoms with Crippen LogP contribution in [0.15, 0.2) is 24.3 Å². The third-order valence-corrected chi connectivity index (χ3v) is 4.27. The number of nitrogens with one attached hydrogen (secondary N) is 1. The summed E-state index contributed by atoms with van der Waals surface area (Å²) in [6.45, 7) is 2.22. The van der Waals surface area contributed by atoms with Crippen LogP contribution in [0.2, 0.25) is 0 Å². The van der Waals surface area contributed by atoms with Gasteiger partial charge in [0.15, 0.2) is 0 Å². The van der Waals surface area contributed by atoms with Crippen molar-refractivity contribution >= 4 is 42.1 Å². The molecule has 2 fully saturated rings. The normalized spacial score (nSPS) is 19.0. The Balaban J connectivity index is 0.00000110. The Hall–Kier alpha value is -0.970. The van der Waals surface area contributed by atoms with Crippen LogP contribution < -0.4 is 16.0 Å². The molecule has 0 radical (unpaired) electrons. The van der Waals surface area contributed by atoms with Gasteiger partial charge in [0.1, 0.15) is 0 Å². The Morgan fingerprint density at radius 3 is 2.38 bits per heavy atom. The maximum absolute atomic E-state index is 12.1. The number of hydrogen-bond donors (Lipinski definition) is 2. The minimum atomic E-state index is -0.635. The summed E-state index contributed by atoms with van der Waals surface area (Å²) in [6.07, 6.45) is 5.15. The van der Waals surface area contributed by atoms with Crippen molar-refractivity contribution in [2.45, 2.75) is 37.6 Å². The van der Waals surface area contributed by atoms with Crippen molar-refractivity contribution in [2.75, 3.05) is 23.3 Å². The molecule has 0 aromatic heterocycles. The van der Waals surface area contributed by atoms with Gasteiger partial charge in [-0.25, -0.2) is 0 Å². The Bertz CT molecular complexity index is 486. The first-order chi connectivity index (χ1) is 9.17. The maximum Gasteiger partial charge on any atom is 0.244 e. The molecule has 3 N–H and O–H groups in total. The molecule has 1 aromatic carbocycles. The minimum Gasteiger partial charge on any atom is -0.371 e. The predicted molar refractivity (Wildman–Crippen MR) is 91.8 cm³/mol. The molecule has 2 aliphatic rings. The third kappa shape index (κ3) is 3.82. The zero-order valence-electron chi connectivity index (χ0n) is 12.0. The number of amides is 1. The molecule has 1 aliphatic heterocycles. The van der Waals surface area contributed by atoms with Crippen molar-refractivity contribution in [2.24, 2.45) is 5.73 Å². The number of hydrogen-bond acceptors (Lipinski definition) is 3. The number of carbonyl (C=O) groups excluding carboxylic acids is 1. The van der Waals surface area contributed by atoms with E-state index >= 15 is 0 Å². The lowest BCUT2D eigenvalue weighted by molar-refractivity contribution is -0.123. The monoisotopic (exact) mass is 331 g/mol. The Morgan fingerprint density at radius 2 is 1.81 bits per heavy atom. The summed E-state index contributed by atoms with van der Waals surface area (Å²) in [5.74, 6) is -0.0441. The molecule has 3 rings (SSSR count). The van der Waals surface area contributed by atoms with E-state index in [-0.39, 0.29) is 30.7 Å². The second-order valence-corrected chi connectivity index (χ2v) is 5.71. The molecule has 4 nitrogen and oxygen atoms in total. The van der Waals surface area contributed by atoms with Gasteiger partial charge in [0.25, 0.3) is 0 Å². The Morgan fingerprint density at radius 1 is 1.14 bits per heavy atom. The zero-order valence-corrected chi connectivity index (χ0v) is 13.6. The van der Waals surface area contributed by atoms with E-state index < -0.39 is 5.54 Å². The molecule has 1 heterocycles. The van der Waals surface area contributed by atoms with Gasteiger partial charge in [0.2, 0.25) is 5.91 Å². The van der Waals surface area contributed by atoms with Crippen LogP contribution in [0, 0.1) is 0 Å². The van der Waals surface area contributed by atoms with Crippen LogP contribution in [0.5, 0.6) is 0 Å². The van der Waals surface area contributed by atoms with Crippen molar-refractivity contribution in [1.29, 1.82) is 0 Å². The molecular weight excluding hydrogens is 309 g/mol. The predicted octanol–water partition coefficient (Wildman–Crippen LogP) is 2.95. The summed E-state index contributed by atoms with van der Waals surface area (Å²) < 4.78 is 0. The molecule has 1 saturated carbocycles. The number of anilines is 2. The summed E-state index contributed by atoms with van der Waals surface area (Å²) in [5, 5.41) is 2.96. The van der Waals surface area contributed by atoms with E-state index in [9.17, 15) is 4.79 Å². The highest BCUT2D eigenvalue weighted by molar-refractivity contribution is 5.98. The lowest BCUT2D eigenvalue weighted by Gasteiger charge is -2.36. The first-order valence-electron chi connectivity index (χ1n) is 7.13. The summed E-state index contributed by atoms with van der Waals surface area (Å²) in [5.41, 5.74) is 7.44. The molecule has 1 saturated heterocycles. The van der Waals surface area contributed by atoms with E-state index in [4.69, 9.17) is 5.73 Å². The fourth-order valence-corrected chi connectivity index (χ4v) is 2.80. The standard InChI is InChI=1S/C15H21N3O.2ClH/c16-15(7-4-8-15)14(19)17-12-5-3-6-13(11-12)18-9-1-2-10-18;;/h3,5-6,11H,1-2,4,7-10,16H2,(H,17,19);2*1H. The fraction of sp³-hybridized carbons (Fsp3) is 0.533. The minimum absolute atomic E-state index is 0. The molecule has 0 atom stereocenters. The zero-order chi connectivity index (χ0) is 13.3. The number of benzene rings is 1. The van der Waals surface area contributed by atoms with E-state index in [1.54, 1.807) is 0 Å². The number of carbonyl (C=O) groups is 1. The second kappa shape index (κ2) is 7.34. The van der Waals surface area contributed by atoms with Crippen LogP contribution in [0.3, 0.4) is 0 Å². The number of rotatable bonds is 3. The second-order valence-electron chi connectivity index (χ2n) is 5.71. The molecular formula is C15H23Cl2N3O. The van der Waals surface area contributed by atoms with Gasteiger partial charge in [-0.3, -0.25) is 4.79 Å². The SMILES string of the molecule is Cl.Cl.NC1(C(=O)Nc2cccc(N3CCCC3)c2)CCC1.